The Morgan fingerprint density at radius 3 is 2.50 bits per heavy atom. The van der Waals surface area contributed by atoms with Gasteiger partial charge in [0.25, 0.3) is 5.91 Å². The minimum atomic E-state index is 0.0707. The molecule has 0 spiro atoms. The van der Waals surface area contributed by atoms with Gasteiger partial charge in [0, 0.05) is 18.8 Å². The van der Waals surface area contributed by atoms with Gasteiger partial charge in [0.1, 0.15) is 11.4 Å². The van der Waals surface area contributed by atoms with Gasteiger partial charge in [-0.15, -0.1) is 0 Å². The molecule has 0 atom stereocenters. The molecule has 2 aromatic carbocycles. The van der Waals surface area contributed by atoms with E-state index in [9.17, 15) is 4.79 Å². The van der Waals surface area contributed by atoms with Gasteiger partial charge in [-0.25, -0.2) is 4.98 Å². The number of carbonyl (C=O) groups excluding carboxylic acids is 1. The number of hydrogen-bond donors (Lipinski definition) is 0. The van der Waals surface area contributed by atoms with Crippen LogP contribution in [0.25, 0.3) is 5.69 Å². The number of piperidine rings is 1. The lowest BCUT2D eigenvalue weighted by Gasteiger charge is -2.32. The third kappa shape index (κ3) is 4.73. The van der Waals surface area contributed by atoms with E-state index in [0.29, 0.717) is 18.2 Å². The first kappa shape index (κ1) is 20.2. The van der Waals surface area contributed by atoms with Gasteiger partial charge in [0.2, 0.25) is 0 Å². The van der Waals surface area contributed by atoms with Gasteiger partial charge in [-0.2, -0.15) is 0 Å². The number of aryl methyl sites for hydroxylation is 1. The minimum absolute atomic E-state index is 0.0707. The Bertz CT molecular complexity index is 942. The van der Waals surface area contributed by atoms with E-state index in [-0.39, 0.29) is 5.91 Å². The van der Waals surface area contributed by atoms with Crippen LogP contribution in [-0.2, 0) is 6.42 Å². The van der Waals surface area contributed by atoms with Crippen molar-refractivity contribution in [3.05, 3.63) is 78.4 Å². The first-order chi connectivity index (χ1) is 14.7. The third-order valence-corrected chi connectivity index (χ3v) is 5.87. The predicted octanol–water partition coefficient (Wildman–Crippen LogP) is 4.76. The van der Waals surface area contributed by atoms with E-state index in [1.807, 2.05) is 46.7 Å². The van der Waals surface area contributed by atoms with Crippen LogP contribution in [0.4, 0.5) is 0 Å². The molecular formula is C25H29N3O2. The highest BCUT2D eigenvalue weighted by atomic mass is 16.5. The summed E-state index contributed by atoms with van der Waals surface area (Å²) in [6.45, 7) is 4.32. The summed E-state index contributed by atoms with van der Waals surface area (Å²) in [5, 5.41) is 0. The Labute approximate surface area is 178 Å². The van der Waals surface area contributed by atoms with Crippen LogP contribution in [0, 0.1) is 5.92 Å². The molecule has 0 aliphatic carbocycles. The van der Waals surface area contributed by atoms with Crippen molar-refractivity contribution in [2.45, 2.75) is 32.6 Å². The second-order valence-electron chi connectivity index (χ2n) is 7.84. The number of carbonyl (C=O) groups is 1. The van der Waals surface area contributed by atoms with E-state index in [0.717, 1.165) is 50.2 Å². The molecule has 1 aliphatic heterocycles. The smallest absolute Gasteiger partial charge is 0.272 e. The van der Waals surface area contributed by atoms with Gasteiger partial charge < -0.3 is 9.64 Å². The summed E-state index contributed by atoms with van der Waals surface area (Å²) < 4.78 is 7.39. The molecule has 3 aromatic rings. The standard InChI is InChI=1S/C25H29N3O2/c1-2-30-23-12-10-20(11-13-23)8-9-21-14-16-27(17-15-21)25(29)24-18-26-19-28(24)22-6-4-3-5-7-22/h3-7,10-13,18-19,21H,2,8-9,14-17H2,1H3. The largest absolute Gasteiger partial charge is 0.494 e. The number of likely N-dealkylation sites (tertiary alicyclic amines) is 1. The zero-order chi connectivity index (χ0) is 20.8. The monoisotopic (exact) mass is 403 g/mol. The van der Waals surface area contributed by atoms with Gasteiger partial charge >= 0.3 is 0 Å². The predicted molar refractivity (Wildman–Crippen MR) is 118 cm³/mol. The zero-order valence-corrected chi connectivity index (χ0v) is 17.5. The molecule has 0 bridgehead atoms. The molecule has 5 heteroatoms. The van der Waals surface area contributed by atoms with E-state index in [1.54, 1.807) is 12.5 Å². The van der Waals surface area contributed by atoms with Gasteiger partial charge in [0.15, 0.2) is 0 Å². The Morgan fingerprint density at radius 2 is 1.80 bits per heavy atom. The van der Waals surface area contributed by atoms with Gasteiger partial charge in [-0.3, -0.25) is 9.36 Å². The summed E-state index contributed by atoms with van der Waals surface area (Å²) in [4.78, 5) is 19.3. The maximum Gasteiger partial charge on any atom is 0.272 e. The topological polar surface area (TPSA) is 47.4 Å². The summed E-state index contributed by atoms with van der Waals surface area (Å²) in [7, 11) is 0. The van der Waals surface area contributed by atoms with Crippen LogP contribution in [0.1, 0.15) is 42.2 Å². The van der Waals surface area contributed by atoms with Crippen molar-refractivity contribution in [1.29, 1.82) is 0 Å². The zero-order valence-electron chi connectivity index (χ0n) is 17.5. The van der Waals surface area contributed by atoms with Crippen LogP contribution in [0.3, 0.4) is 0 Å². The van der Waals surface area contributed by atoms with Crippen LogP contribution in [0.2, 0.25) is 0 Å². The number of hydrogen-bond acceptors (Lipinski definition) is 3. The number of amides is 1. The number of benzene rings is 2. The first-order valence-electron chi connectivity index (χ1n) is 10.8. The molecule has 1 saturated heterocycles. The second kappa shape index (κ2) is 9.61. The Balaban J connectivity index is 1.30. The number of rotatable bonds is 7. The Morgan fingerprint density at radius 1 is 1.07 bits per heavy atom. The average Bonchev–Trinajstić information content (AvgIpc) is 3.29. The molecule has 30 heavy (non-hydrogen) atoms. The fourth-order valence-corrected chi connectivity index (χ4v) is 4.12. The van der Waals surface area contributed by atoms with E-state index in [2.05, 4.69) is 29.2 Å². The molecule has 156 valence electrons. The molecule has 0 unspecified atom stereocenters. The number of imidazole rings is 1. The lowest BCUT2D eigenvalue weighted by Crippen LogP contribution is -2.39. The number of para-hydroxylation sites is 1. The van der Waals surface area contributed by atoms with E-state index in [1.165, 1.54) is 5.56 Å². The molecule has 2 heterocycles. The maximum atomic E-state index is 13.1. The molecule has 1 aromatic heterocycles. The van der Waals surface area contributed by atoms with Crippen molar-refractivity contribution >= 4 is 5.91 Å². The number of aromatic nitrogens is 2. The lowest BCUT2D eigenvalue weighted by molar-refractivity contribution is 0.0679. The van der Waals surface area contributed by atoms with Crippen molar-refractivity contribution in [1.82, 2.24) is 14.5 Å². The summed E-state index contributed by atoms with van der Waals surface area (Å²) in [5.41, 5.74) is 2.95. The van der Waals surface area contributed by atoms with Crippen molar-refractivity contribution < 1.29 is 9.53 Å². The van der Waals surface area contributed by atoms with Crippen LogP contribution >= 0.6 is 0 Å². The molecule has 0 saturated carbocycles. The van der Waals surface area contributed by atoms with Crippen LogP contribution in [0.5, 0.6) is 5.75 Å². The van der Waals surface area contributed by atoms with E-state index < -0.39 is 0 Å². The summed E-state index contributed by atoms with van der Waals surface area (Å²) in [6.07, 6.45) is 7.74. The van der Waals surface area contributed by atoms with Crippen molar-refractivity contribution in [3.8, 4) is 11.4 Å². The highest BCUT2D eigenvalue weighted by Gasteiger charge is 2.25. The van der Waals surface area contributed by atoms with Crippen LogP contribution in [-0.4, -0.2) is 40.1 Å². The summed E-state index contributed by atoms with van der Waals surface area (Å²) in [6, 6.07) is 18.3. The van der Waals surface area contributed by atoms with E-state index in [4.69, 9.17) is 4.74 Å². The van der Waals surface area contributed by atoms with Crippen LogP contribution < -0.4 is 4.74 Å². The van der Waals surface area contributed by atoms with Gasteiger partial charge in [-0.1, -0.05) is 30.3 Å². The van der Waals surface area contributed by atoms with E-state index >= 15 is 0 Å². The minimum Gasteiger partial charge on any atom is -0.494 e. The van der Waals surface area contributed by atoms with Crippen LogP contribution in [0.15, 0.2) is 67.1 Å². The van der Waals surface area contributed by atoms with Crippen molar-refractivity contribution in [3.63, 3.8) is 0 Å². The molecular weight excluding hydrogens is 374 g/mol. The van der Waals surface area contributed by atoms with Crippen molar-refractivity contribution in [2.75, 3.05) is 19.7 Å². The molecule has 0 radical (unpaired) electrons. The quantitative estimate of drug-likeness (QED) is 0.572. The normalized spacial score (nSPS) is 14.6. The maximum absolute atomic E-state index is 13.1. The number of nitrogens with zero attached hydrogens (tertiary/aromatic N) is 3. The average molecular weight is 404 g/mol. The van der Waals surface area contributed by atoms with Crippen molar-refractivity contribution in [2.24, 2.45) is 5.92 Å². The summed E-state index contributed by atoms with van der Waals surface area (Å²) >= 11 is 0. The highest BCUT2D eigenvalue weighted by molar-refractivity contribution is 5.93. The van der Waals surface area contributed by atoms with Gasteiger partial charge in [0.05, 0.1) is 19.1 Å². The molecule has 5 nitrogen and oxygen atoms in total. The molecule has 4 rings (SSSR count). The number of ether oxygens (including phenoxy) is 1. The Hall–Kier alpha value is -3.08. The SMILES string of the molecule is CCOc1ccc(CCC2CCN(C(=O)c3cncn3-c3ccccc3)CC2)cc1. The highest BCUT2D eigenvalue weighted by Crippen LogP contribution is 2.25. The fraction of sp³-hybridized carbons (Fsp3) is 0.360. The molecule has 1 aliphatic rings. The molecule has 1 amide bonds. The molecule has 1 fully saturated rings. The third-order valence-electron chi connectivity index (χ3n) is 5.87. The summed E-state index contributed by atoms with van der Waals surface area (Å²) in [5.74, 6) is 1.67. The first-order valence-corrected chi connectivity index (χ1v) is 10.8. The molecule has 0 N–H and O–H groups in total. The Kier molecular flexibility index (Phi) is 6.47. The fourth-order valence-electron chi connectivity index (χ4n) is 4.12. The van der Waals surface area contributed by atoms with Gasteiger partial charge in [-0.05, 0) is 68.4 Å². The second-order valence-corrected chi connectivity index (χ2v) is 7.84. The lowest BCUT2D eigenvalue weighted by atomic mass is 9.90.